The fourth-order valence-electron chi connectivity index (χ4n) is 3.06. The van der Waals surface area contributed by atoms with Crippen LogP contribution in [0, 0.1) is 18.8 Å². The molecule has 100 valence electrons. The molecular weight excluding hydrogens is 244 g/mol. The van der Waals surface area contributed by atoms with E-state index in [0.717, 1.165) is 16.5 Å². The van der Waals surface area contributed by atoms with E-state index >= 15 is 0 Å². The summed E-state index contributed by atoms with van der Waals surface area (Å²) in [4.78, 5) is 0. The first kappa shape index (κ1) is 13.9. The van der Waals surface area contributed by atoms with Crippen LogP contribution in [0.25, 0.3) is 0 Å². The molecule has 1 fully saturated rings. The molecule has 1 aliphatic carbocycles. The molecule has 0 heterocycles. The van der Waals surface area contributed by atoms with Gasteiger partial charge in [0.2, 0.25) is 0 Å². The van der Waals surface area contributed by atoms with Gasteiger partial charge in [-0.15, -0.1) is 0 Å². The summed E-state index contributed by atoms with van der Waals surface area (Å²) in [5.41, 5.74) is 5.42. The van der Waals surface area contributed by atoms with Gasteiger partial charge in [0.15, 0.2) is 0 Å². The molecule has 2 rings (SSSR count). The van der Waals surface area contributed by atoms with Gasteiger partial charge in [-0.1, -0.05) is 43.5 Å². The maximum absolute atomic E-state index is 6.21. The summed E-state index contributed by atoms with van der Waals surface area (Å²) >= 11 is 6.21. The van der Waals surface area contributed by atoms with Crippen LogP contribution in [-0.2, 0) is 0 Å². The Balaban J connectivity index is 2.20. The third kappa shape index (κ3) is 2.87. The van der Waals surface area contributed by atoms with Crippen molar-refractivity contribution in [1.82, 2.24) is 5.43 Å². The molecule has 0 spiro atoms. The lowest BCUT2D eigenvalue weighted by atomic mass is 9.77. The van der Waals surface area contributed by atoms with Crippen LogP contribution in [0.1, 0.15) is 49.8 Å². The van der Waals surface area contributed by atoms with Crippen molar-refractivity contribution in [2.24, 2.45) is 17.7 Å². The number of nitrogens with two attached hydrogens (primary N) is 1. The SMILES string of the molecule is Cc1c(Cl)cccc1C(NN)C1CCC(C)CC1. The summed E-state index contributed by atoms with van der Waals surface area (Å²) in [5.74, 6) is 7.29. The van der Waals surface area contributed by atoms with Gasteiger partial charge in [0.05, 0.1) is 0 Å². The van der Waals surface area contributed by atoms with E-state index in [4.69, 9.17) is 17.4 Å². The predicted octanol–water partition coefficient (Wildman–Crippen LogP) is 3.98. The van der Waals surface area contributed by atoms with Gasteiger partial charge in [0.25, 0.3) is 0 Å². The second-order valence-electron chi connectivity index (χ2n) is 5.62. The first-order valence-electron chi connectivity index (χ1n) is 6.84. The summed E-state index contributed by atoms with van der Waals surface area (Å²) in [6.45, 7) is 4.42. The third-order valence-corrected chi connectivity index (χ3v) is 4.77. The zero-order chi connectivity index (χ0) is 13.1. The quantitative estimate of drug-likeness (QED) is 0.642. The maximum Gasteiger partial charge on any atom is 0.0491 e. The van der Waals surface area contributed by atoms with Crippen LogP contribution >= 0.6 is 11.6 Å². The van der Waals surface area contributed by atoms with E-state index in [1.807, 2.05) is 12.1 Å². The van der Waals surface area contributed by atoms with E-state index in [9.17, 15) is 0 Å². The number of hydrogen-bond donors (Lipinski definition) is 2. The lowest BCUT2D eigenvalue weighted by Crippen LogP contribution is -2.35. The van der Waals surface area contributed by atoms with Crippen molar-refractivity contribution in [3.8, 4) is 0 Å². The zero-order valence-corrected chi connectivity index (χ0v) is 12.0. The highest BCUT2D eigenvalue weighted by Crippen LogP contribution is 2.38. The molecule has 3 N–H and O–H groups in total. The summed E-state index contributed by atoms with van der Waals surface area (Å²) < 4.78 is 0. The number of benzene rings is 1. The van der Waals surface area contributed by atoms with E-state index in [1.165, 1.54) is 31.2 Å². The van der Waals surface area contributed by atoms with Crippen LogP contribution in [0.4, 0.5) is 0 Å². The van der Waals surface area contributed by atoms with Crippen molar-refractivity contribution in [1.29, 1.82) is 0 Å². The van der Waals surface area contributed by atoms with Gasteiger partial charge in [-0.25, -0.2) is 0 Å². The summed E-state index contributed by atoms with van der Waals surface area (Å²) in [5, 5.41) is 0.830. The number of hydrazine groups is 1. The van der Waals surface area contributed by atoms with Gasteiger partial charge in [-0.3, -0.25) is 11.3 Å². The first-order chi connectivity index (χ1) is 8.63. The van der Waals surface area contributed by atoms with Gasteiger partial charge in [0, 0.05) is 11.1 Å². The van der Waals surface area contributed by atoms with Crippen molar-refractivity contribution in [3.05, 3.63) is 34.3 Å². The summed E-state index contributed by atoms with van der Waals surface area (Å²) in [6.07, 6.45) is 5.12. The van der Waals surface area contributed by atoms with Crippen molar-refractivity contribution in [2.75, 3.05) is 0 Å². The van der Waals surface area contributed by atoms with E-state index in [1.54, 1.807) is 0 Å². The highest BCUT2D eigenvalue weighted by atomic mass is 35.5. The number of hydrogen-bond acceptors (Lipinski definition) is 2. The van der Waals surface area contributed by atoms with E-state index in [-0.39, 0.29) is 6.04 Å². The molecule has 1 aromatic carbocycles. The van der Waals surface area contributed by atoms with Crippen LogP contribution in [0.2, 0.25) is 5.02 Å². The molecule has 0 aromatic heterocycles. The smallest absolute Gasteiger partial charge is 0.0491 e. The Kier molecular flexibility index (Phi) is 4.66. The topological polar surface area (TPSA) is 38.0 Å². The van der Waals surface area contributed by atoms with Crippen molar-refractivity contribution in [3.63, 3.8) is 0 Å². The standard InChI is InChI=1S/C15H23ClN2/c1-10-6-8-12(9-7-10)15(18-17)13-4-3-5-14(16)11(13)2/h3-5,10,12,15,18H,6-9,17H2,1-2H3. The largest absolute Gasteiger partial charge is 0.271 e. The number of halogens is 1. The number of nitrogens with one attached hydrogen (secondary N) is 1. The summed E-state index contributed by atoms with van der Waals surface area (Å²) in [6, 6.07) is 6.33. The Labute approximate surface area is 115 Å². The predicted molar refractivity (Wildman–Crippen MR) is 77.4 cm³/mol. The number of rotatable bonds is 3. The first-order valence-corrected chi connectivity index (χ1v) is 7.22. The molecule has 1 atom stereocenters. The zero-order valence-electron chi connectivity index (χ0n) is 11.2. The minimum atomic E-state index is 0.233. The van der Waals surface area contributed by atoms with Gasteiger partial charge >= 0.3 is 0 Å². The second-order valence-corrected chi connectivity index (χ2v) is 6.03. The molecule has 1 unspecified atom stereocenters. The highest BCUT2D eigenvalue weighted by Gasteiger charge is 2.27. The Morgan fingerprint density at radius 2 is 1.94 bits per heavy atom. The van der Waals surface area contributed by atoms with E-state index in [2.05, 4.69) is 25.3 Å². The second kappa shape index (κ2) is 6.05. The van der Waals surface area contributed by atoms with Crippen molar-refractivity contribution < 1.29 is 0 Å². The molecule has 0 radical (unpaired) electrons. The molecule has 2 nitrogen and oxygen atoms in total. The summed E-state index contributed by atoms with van der Waals surface area (Å²) in [7, 11) is 0. The lowest BCUT2D eigenvalue weighted by Gasteiger charge is -2.33. The minimum absolute atomic E-state index is 0.233. The van der Waals surface area contributed by atoms with Gasteiger partial charge in [-0.2, -0.15) is 0 Å². The van der Waals surface area contributed by atoms with Gasteiger partial charge in [-0.05, 0) is 48.8 Å². The Hall–Kier alpha value is -0.570. The molecule has 3 heteroatoms. The fraction of sp³-hybridized carbons (Fsp3) is 0.600. The Morgan fingerprint density at radius 1 is 1.28 bits per heavy atom. The lowest BCUT2D eigenvalue weighted by molar-refractivity contribution is 0.232. The van der Waals surface area contributed by atoms with Gasteiger partial charge < -0.3 is 0 Å². The van der Waals surface area contributed by atoms with Crippen LogP contribution in [0.15, 0.2) is 18.2 Å². The molecule has 0 amide bonds. The fourth-order valence-corrected chi connectivity index (χ4v) is 3.24. The molecule has 0 saturated heterocycles. The molecule has 1 saturated carbocycles. The van der Waals surface area contributed by atoms with Crippen molar-refractivity contribution >= 4 is 11.6 Å². The average Bonchev–Trinajstić information content (AvgIpc) is 2.37. The van der Waals surface area contributed by atoms with E-state index < -0.39 is 0 Å². The Morgan fingerprint density at radius 3 is 2.56 bits per heavy atom. The maximum atomic E-state index is 6.21. The minimum Gasteiger partial charge on any atom is -0.271 e. The van der Waals surface area contributed by atoms with Crippen molar-refractivity contribution in [2.45, 2.75) is 45.6 Å². The molecule has 1 aromatic rings. The molecule has 18 heavy (non-hydrogen) atoms. The monoisotopic (exact) mass is 266 g/mol. The van der Waals surface area contributed by atoms with E-state index in [0.29, 0.717) is 5.92 Å². The van der Waals surface area contributed by atoms with Crippen LogP contribution in [0.3, 0.4) is 0 Å². The van der Waals surface area contributed by atoms with Crippen LogP contribution in [-0.4, -0.2) is 0 Å². The van der Waals surface area contributed by atoms with Crippen LogP contribution < -0.4 is 11.3 Å². The highest BCUT2D eigenvalue weighted by molar-refractivity contribution is 6.31. The molecular formula is C15H23ClN2. The Bertz CT molecular complexity index is 397. The molecule has 1 aliphatic rings. The normalized spacial score (nSPS) is 26.0. The van der Waals surface area contributed by atoms with Gasteiger partial charge in [0.1, 0.15) is 0 Å². The molecule has 0 aliphatic heterocycles. The average molecular weight is 267 g/mol. The molecule has 0 bridgehead atoms. The third-order valence-electron chi connectivity index (χ3n) is 4.36. The van der Waals surface area contributed by atoms with Crippen LogP contribution in [0.5, 0.6) is 0 Å².